The zero-order chi connectivity index (χ0) is 15.4. The van der Waals surface area contributed by atoms with Crippen molar-refractivity contribution >= 4 is 16.5 Å². The Kier molecular flexibility index (Phi) is 3.88. The van der Waals surface area contributed by atoms with Crippen LogP contribution in [0.5, 0.6) is 5.75 Å². The SMILES string of the molecule is COc1ccc2cc(CNc3ccc(C#N)nc3)ccc2c1. The molecule has 0 saturated heterocycles. The maximum atomic E-state index is 8.73. The Balaban J connectivity index is 1.74. The third-order valence-corrected chi connectivity index (χ3v) is 3.49. The number of nitriles is 1. The molecule has 0 aliphatic carbocycles. The highest BCUT2D eigenvalue weighted by Gasteiger charge is 2.00. The molecule has 0 aliphatic heterocycles. The van der Waals surface area contributed by atoms with Gasteiger partial charge in [-0.25, -0.2) is 4.98 Å². The third kappa shape index (κ3) is 2.99. The molecule has 3 rings (SSSR count). The molecule has 0 aliphatic rings. The molecular weight excluding hydrogens is 274 g/mol. The fraction of sp³-hybridized carbons (Fsp3) is 0.111. The minimum Gasteiger partial charge on any atom is -0.497 e. The fourth-order valence-electron chi connectivity index (χ4n) is 2.28. The van der Waals surface area contributed by atoms with Gasteiger partial charge < -0.3 is 10.1 Å². The first-order valence-corrected chi connectivity index (χ1v) is 6.95. The number of anilines is 1. The maximum Gasteiger partial charge on any atom is 0.140 e. The van der Waals surface area contributed by atoms with Crippen LogP contribution in [0.1, 0.15) is 11.3 Å². The lowest BCUT2D eigenvalue weighted by atomic mass is 10.1. The number of methoxy groups -OCH3 is 1. The van der Waals surface area contributed by atoms with Gasteiger partial charge in [0.05, 0.1) is 19.0 Å². The average molecular weight is 289 g/mol. The summed E-state index contributed by atoms with van der Waals surface area (Å²) in [5.41, 5.74) is 2.50. The van der Waals surface area contributed by atoms with Gasteiger partial charge in [0.25, 0.3) is 0 Å². The van der Waals surface area contributed by atoms with Crippen LogP contribution in [0.3, 0.4) is 0 Å². The molecule has 0 atom stereocenters. The van der Waals surface area contributed by atoms with Crippen LogP contribution < -0.4 is 10.1 Å². The van der Waals surface area contributed by atoms with E-state index >= 15 is 0 Å². The van der Waals surface area contributed by atoms with Crippen molar-refractivity contribution in [1.82, 2.24) is 4.98 Å². The number of hydrogen-bond acceptors (Lipinski definition) is 4. The Hall–Kier alpha value is -3.06. The molecule has 1 N–H and O–H groups in total. The second-order valence-electron chi connectivity index (χ2n) is 4.94. The zero-order valence-electron chi connectivity index (χ0n) is 12.2. The first kappa shape index (κ1) is 13.9. The topological polar surface area (TPSA) is 57.9 Å². The van der Waals surface area contributed by atoms with Crippen molar-refractivity contribution in [2.45, 2.75) is 6.54 Å². The summed E-state index contributed by atoms with van der Waals surface area (Å²) in [5.74, 6) is 0.863. The lowest BCUT2D eigenvalue weighted by Crippen LogP contribution is -2.00. The minimum atomic E-state index is 0.421. The highest BCUT2D eigenvalue weighted by molar-refractivity contribution is 5.84. The van der Waals surface area contributed by atoms with Gasteiger partial charge in [0.15, 0.2) is 0 Å². The molecule has 0 bridgehead atoms. The van der Waals surface area contributed by atoms with Gasteiger partial charge in [-0.3, -0.25) is 0 Å². The Bertz CT molecular complexity index is 835. The van der Waals surface area contributed by atoms with E-state index in [0.29, 0.717) is 12.2 Å². The fourth-order valence-corrected chi connectivity index (χ4v) is 2.28. The van der Waals surface area contributed by atoms with Crippen LogP contribution in [0.2, 0.25) is 0 Å². The Morgan fingerprint density at radius 3 is 2.64 bits per heavy atom. The molecular formula is C18H15N3O. The number of nitrogens with one attached hydrogen (secondary N) is 1. The van der Waals surface area contributed by atoms with Crippen LogP contribution in [-0.2, 0) is 6.54 Å². The van der Waals surface area contributed by atoms with Gasteiger partial charge in [0.1, 0.15) is 17.5 Å². The van der Waals surface area contributed by atoms with Crippen molar-refractivity contribution in [2.24, 2.45) is 0 Å². The molecule has 0 saturated carbocycles. The molecule has 0 amide bonds. The van der Waals surface area contributed by atoms with E-state index < -0.39 is 0 Å². The molecule has 0 spiro atoms. The Morgan fingerprint density at radius 1 is 1.09 bits per heavy atom. The Morgan fingerprint density at radius 2 is 1.91 bits per heavy atom. The molecule has 108 valence electrons. The van der Waals surface area contributed by atoms with Gasteiger partial charge in [-0.2, -0.15) is 5.26 Å². The zero-order valence-corrected chi connectivity index (χ0v) is 12.2. The van der Waals surface area contributed by atoms with Crippen LogP contribution in [0.4, 0.5) is 5.69 Å². The van der Waals surface area contributed by atoms with Crippen molar-refractivity contribution in [3.63, 3.8) is 0 Å². The normalized spacial score (nSPS) is 10.2. The van der Waals surface area contributed by atoms with Gasteiger partial charge in [-0.1, -0.05) is 18.2 Å². The van der Waals surface area contributed by atoms with Crippen molar-refractivity contribution in [1.29, 1.82) is 5.26 Å². The van der Waals surface area contributed by atoms with E-state index in [1.165, 1.54) is 10.9 Å². The molecule has 0 fully saturated rings. The first-order valence-electron chi connectivity index (χ1n) is 6.95. The van der Waals surface area contributed by atoms with Gasteiger partial charge in [-0.05, 0) is 46.7 Å². The largest absolute Gasteiger partial charge is 0.497 e. The van der Waals surface area contributed by atoms with E-state index in [0.717, 1.165) is 16.8 Å². The molecule has 0 radical (unpaired) electrons. The van der Waals surface area contributed by atoms with Crippen LogP contribution in [0.15, 0.2) is 54.7 Å². The summed E-state index contributed by atoms with van der Waals surface area (Å²) < 4.78 is 5.23. The molecule has 0 unspecified atom stereocenters. The van der Waals surface area contributed by atoms with E-state index in [4.69, 9.17) is 10.00 Å². The highest BCUT2D eigenvalue weighted by atomic mass is 16.5. The lowest BCUT2D eigenvalue weighted by Gasteiger charge is -2.08. The van der Waals surface area contributed by atoms with E-state index in [1.54, 1.807) is 19.4 Å². The average Bonchev–Trinajstić information content (AvgIpc) is 2.59. The molecule has 3 aromatic rings. The lowest BCUT2D eigenvalue weighted by molar-refractivity contribution is 0.415. The first-order chi connectivity index (χ1) is 10.8. The van der Waals surface area contributed by atoms with E-state index in [2.05, 4.69) is 34.6 Å². The third-order valence-electron chi connectivity index (χ3n) is 3.49. The molecule has 22 heavy (non-hydrogen) atoms. The number of hydrogen-bond donors (Lipinski definition) is 1. The van der Waals surface area contributed by atoms with Crippen molar-refractivity contribution in [3.05, 3.63) is 66.0 Å². The number of ether oxygens (including phenoxy) is 1. The maximum absolute atomic E-state index is 8.73. The highest BCUT2D eigenvalue weighted by Crippen LogP contribution is 2.22. The summed E-state index contributed by atoms with van der Waals surface area (Å²) in [4.78, 5) is 4.04. The predicted molar refractivity (Wildman–Crippen MR) is 86.8 cm³/mol. The summed E-state index contributed by atoms with van der Waals surface area (Å²) >= 11 is 0. The number of aromatic nitrogens is 1. The second kappa shape index (κ2) is 6.15. The standard InChI is InChI=1S/C18H15N3O/c1-22-18-7-4-14-8-13(2-3-15(14)9-18)11-20-17-6-5-16(10-19)21-12-17/h2-9,12,20H,11H2,1H3. The second-order valence-corrected chi connectivity index (χ2v) is 4.94. The van der Waals surface area contributed by atoms with Crippen LogP contribution in [0, 0.1) is 11.3 Å². The van der Waals surface area contributed by atoms with Crippen molar-refractivity contribution in [3.8, 4) is 11.8 Å². The van der Waals surface area contributed by atoms with Gasteiger partial charge in [-0.15, -0.1) is 0 Å². The summed E-state index contributed by atoms with van der Waals surface area (Å²) in [6.45, 7) is 0.704. The number of rotatable bonds is 4. The summed E-state index contributed by atoms with van der Waals surface area (Å²) in [6.07, 6.45) is 1.67. The van der Waals surface area contributed by atoms with Gasteiger partial charge >= 0.3 is 0 Å². The molecule has 4 heteroatoms. The van der Waals surface area contributed by atoms with E-state index in [1.807, 2.05) is 24.3 Å². The number of pyridine rings is 1. The summed E-state index contributed by atoms with van der Waals surface area (Å²) in [6, 6.07) is 17.9. The number of nitrogens with zero attached hydrogens (tertiary/aromatic N) is 2. The Labute approximate surface area is 129 Å². The van der Waals surface area contributed by atoms with Crippen molar-refractivity contribution in [2.75, 3.05) is 12.4 Å². The number of benzene rings is 2. The van der Waals surface area contributed by atoms with Crippen LogP contribution in [0.25, 0.3) is 10.8 Å². The van der Waals surface area contributed by atoms with E-state index in [9.17, 15) is 0 Å². The summed E-state index contributed by atoms with van der Waals surface area (Å²) in [7, 11) is 1.67. The molecule has 2 aromatic carbocycles. The molecule has 4 nitrogen and oxygen atoms in total. The number of fused-ring (bicyclic) bond motifs is 1. The molecule has 1 aromatic heterocycles. The van der Waals surface area contributed by atoms with Gasteiger partial charge in [0, 0.05) is 6.54 Å². The summed E-state index contributed by atoms with van der Waals surface area (Å²) in [5, 5.41) is 14.4. The molecule has 1 heterocycles. The van der Waals surface area contributed by atoms with Crippen LogP contribution in [-0.4, -0.2) is 12.1 Å². The van der Waals surface area contributed by atoms with Gasteiger partial charge in [0.2, 0.25) is 0 Å². The monoisotopic (exact) mass is 289 g/mol. The van der Waals surface area contributed by atoms with Crippen LogP contribution >= 0.6 is 0 Å². The van der Waals surface area contributed by atoms with E-state index in [-0.39, 0.29) is 0 Å². The smallest absolute Gasteiger partial charge is 0.140 e. The van der Waals surface area contributed by atoms with Crippen molar-refractivity contribution < 1.29 is 4.74 Å². The quantitative estimate of drug-likeness (QED) is 0.795. The minimum absolute atomic E-state index is 0.421. The predicted octanol–water partition coefficient (Wildman–Crippen LogP) is 3.73.